The summed E-state index contributed by atoms with van der Waals surface area (Å²) in [6.07, 6.45) is 1.74. The van der Waals surface area contributed by atoms with Gasteiger partial charge in [-0.1, -0.05) is 0 Å². The first-order chi connectivity index (χ1) is 5.44. The first-order valence-corrected chi connectivity index (χ1v) is 4.54. The van der Waals surface area contributed by atoms with Crippen molar-refractivity contribution < 1.29 is 4.79 Å². The lowest BCUT2D eigenvalue weighted by Crippen LogP contribution is -2.41. The maximum atomic E-state index is 11.0. The molecule has 0 bridgehead atoms. The minimum absolute atomic E-state index is 0.387. The van der Waals surface area contributed by atoms with Crippen LogP contribution in [0.15, 0.2) is 12.3 Å². The quantitative estimate of drug-likeness (QED) is 0.810. The van der Waals surface area contributed by atoms with Gasteiger partial charge in [0.15, 0.2) is 0 Å². The number of nitrogens with two attached hydrogens (primary N) is 1. The van der Waals surface area contributed by atoms with Gasteiger partial charge in [0.1, 0.15) is 9.24 Å². The van der Waals surface area contributed by atoms with Gasteiger partial charge < -0.3 is 5.73 Å². The number of carbonyl (C=O) groups is 1. The summed E-state index contributed by atoms with van der Waals surface area (Å²) in [5.74, 6) is -0.387. The molecule has 12 heavy (non-hydrogen) atoms. The van der Waals surface area contributed by atoms with Crippen LogP contribution in [-0.2, 0) is 10.3 Å². The molecule has 5 heteroatoms. The highest BCUT2D eigenvalue weighted by atomic mass is 127. The number of nitrogens with zero attached hydrogens (tertiary/aromatic N) is 2. The Balaban J connectivity index is 3.05. The summed E-state index contributed by atoms with van der Waals surface area (Å²) in [5, 5.41) is 4.11. The Labute approximate surface area is 84.3 Å². The number of hydrogen-bond donors (Lipinski definition) is 1. The van der Waals surface area contributed by atoms with Crippen LogP contribution in [0, 0.1) is 3.70 Å². The molecule has 0 aliphatic rings. The highest BCUT2D eigenvalue weighted by molar-refractivity contribution is 14.1. The summed E-state index contributed by atoms with van der Waals surface area (Å²) in [6.45, 7) is 3.47. The molecule has 0 atom stereocenters. The minimum atomic E-state index is -0.747. The van der Waals surface area contributed by atoms with Crippen molar-refractivity contribution in [3.8, 4) is 0 Å². The Morgan fingerprint density at radius 3 is 2.67 bits per heavy atom. The summed E-state index contributed by atoms with van der Waals surface area (Å²) < 4.78 is 2.42. The number of primary amides is 1. The molecule has 1 amide bonds. The van der Waals surface area contributed by atoms with E-state index in [9.17, 15) is 4.79 Å². The van der Waals surface area contributed by atoms with Crippen LogP contribution >= 0.6 is 22.6 Å². The third-order valence-corrected chi connectivity index (χ3v) is 2.31. The van der Waals surface area contributed by atoms with Crippen LogP contribution < -0.4 is 5.73 Å². The van der Waals surface area contributed by atoms with E-state index in [0.717, 1.165) is 3.70 Å². The second kappa shape index (κ2) is 3.04. The average Bonchev–Trinajstić information content (AvgIpc) is 2.35. The lowest BCUT2D eigenvalue weighted by Gasteiger charge is -2.20. The fourth-order valence-corrected chi connectivity index (χ4v) is 1.12. The minimum Gasteiger partial charge on any atom is -0.368 e. The molecule has 1 aromatic heterocycles. The molecule has 1 heterocycles. The lowest BCUT2D eigenvalue weighted by atomic mass is 10.1. The van der Waals surface area contributed by atoms with E-state index in [4.69, 9.17) is 5.73 Å². The standard InChI is InChI=1S/C7H10IN3O/c1-7(2,6(9)12)11-4-3-5(8)10-11/h3-4H,1-2H3,(H2,9,12). The van der Waals surface area contributed by atoms with Gasteiger partial charge in [0.05, 0.1) is 0 Å². The Kier molecular flexibility index (Phi) is 2.41. The van der Waals surface area contributed by atoms with Crippen molar-refractivity contribution >= 4 is 28.5 Å². The molecule has 0 radical (unpaired) electrons. The second-order valence-corrected chi connectivity index (χ2v) is 4.11. The zero-order valence-electron chi connectivity index (χ0n) is 6.91. The zero-order valence-corrected chi connectivity index (χ0v) is 9.07. The van der Waals surface area contributed by atoms with Gasteiger partial charge in [0.25, 0.3) is 0 Å². The summed E-state index contributed by atoms with van der Waals surface area (Å²) in [4.78, 5) is 11.0. The fraction of sp³-hybridized carbons (Fsp3) is 0.429. The number of halogens is 1. The van der Waals surface area contributed by atoms with Gasteiger partial charge in [0.2, 0.25) is 5.91 Å². The van der Waals surface area contributed by atoms with Crippen LogP contribution in [0.25, 0.3) is 0 Å². The molecule has 66 valence electrons. The topological polar surface area (TPSA) is 60.9 Å². The van der Waals surface area contributed by atoms with Crippen molar-refractivity contribution in [3.05, 3.63) is 16.0 Å². The molecule has 0 fully saturated rings. The Morgan fingerprint density at radius 2 is 2.33 bits per heavy atom. The van der Waals surface area contributed by atoms with Crippen LogP contribution in [0.3, 0.4) is 0 Å². The molecule has 0 aliphatic heterocycles. The molecule has 0 aliphatic carbocycles. The van der Waals surface area contributed by atoms with Crippen LogP contribution in [-0.4, -0.2) is 15.7 Å². The number of rotatable bonds is 2. The molecular formula is C7H10IN3O. The molecule has 0 spiro atoms. The fourth-order valence-electron chi connectivity index (χ4n) is 0.726. The molecule has 1 rings (SSSR count). The van der Waals surface area contributed by atoms with E-state index in [1.54, 1.807) is 24.7 Å². The van der Waals surface area contributed by atoms with E-state index >= 15 is 0 Å². The van der Waals surface area contributed by atoms with E-state index in [1.807, 2.05) is 6.07 Å². The Morgan fingerprint density at radius 1 is 1.75 bits per heavy atom. The van der Waals surface area contributed by atoms with Crippen LogP contribution in [0.4, 0.5) is 0 Å². The van der Waals surface area contributed by atoms with Gasteiger partial charge >= 0.3 is 0 Å². The normalized spacial score (nSPS) is 11.6. The zero-order chi connectivity index (χ0) is 9.35. The molecule has 0 saturated heterocycles. The lowest BCUT2D eigenvalue weighted by molar-refractivity contribution is -0.125. The van der Waals surface area contributed by atoms with Gasteiger partial charge in [-0.05, 0) is 42.5 Å². The van der Waals surface area contributed by atoms with Gasteiger partial charge in [-0.3, -0.25) is 9.48 Å². The molecule has 1 aromatic rings. The Bertz CT molecular complexity index is 305. The average molecular weight is 279 g/mol. The van der Waals surface area contributed by atoms with Crippen molar-refractivity contribution in [2.75, 3.05) is 0 Å². The van der Waals surface area contributed by atoms with E-state index in [-0.39, 0.29) is 5.91 Å². The van der Waals surface area contributed by atoms with Gasteiger partial charge in [-0.2, -0.15) is 5.10 Å². The molecule has 0 aromatic carbocycles. The first-order valence-electron chi connectivity index (χ1n) is 3.46. The monoisotopic (exact) mass is 279 g/mol. The highest BCUT2D eigenvalue weighted by Crippen LogP contribution is 2.13. The van der Waals surface area contributed by atoms with E-state index in [0.29, 0.717) is 0 Å². The van der Waals surface area contributed by atoms with Gasteiger partial charge in [-0.25, -0.2) is 0 Å². The summed E-state index contributed by atoms with van der Waals surface area (Å²) in [6, 6.07) is 1.82. The van der Waals surface area contributed by atoms with E-state index in [1.165, 1.54) is 0 Å². The van der Waals surface area contributed by atoms with Crippen LogP contribution in [0.1, 0.15) is 13.8 Å². The smallest absolute Gasteiger partial charge is 0.244 e. The maximum Gasteiger partial charge on any atom is 0.244 e. The van der Waals surface area contributed by atoms with Gasteiger partial charge in [0, 0.05) is 6.20 Å². The summed E-state index contributed by atoms with van der Waals surface area (Å²) >= 11 is 2.08. The number of hydrogen-bond acceptors (Lipinski definition) is 2. The van der Waals surface area contributed by atoms with Crippen molar-refractivity contribution in [2.24, 2.45) is 5.73 Å². The van der Waals surface area contributed by atoms with Crippen LogP contribution in [0.5, 0.6) is 0 Å². The molecular weight excluding hydrogens is 269 g/mol. The number of aromatic nitrogens is 2. The molecule has 0 saturated carbocycles. The SMILES string of the molecule is CC(C)(C(N)=O)n1ccc(I)n1. The van der Waals surface area contributed by atoms with Crippen molar-refractivity contribution in [2.45, 2.75) is 19.4 Å². The molecule has 0 unspecified atom stereocenters. The number of amides is 1. The summed E-state index contributed by atoms with van der Waals surface area (Å²) in [7, 11) is 0. The number of carbonyl (C=O) groups excluding carboxylic acids is 1. The Hall–Kier alpha value is -0.590. The molecule has 2 N–H and O–H groups in total. The van der Waals surface area contributed by atoms with Gasteiger partial charge in [-0.15, -0.1) is 0 Å². The largest absolute Gasteiger partial charge is 0.368 e. The first kappa shape index (κ1) is 9.50. The van der Waals surface area contributed by atoms with E-state index < -0.39 is 5.54 Å². The predicted octanol–water partition coefficient (Wildman–Crippen LogP) is 0.708. The molecule has 4 nitrogen and oxygen atoms in total. The predicted molar refractivity (Wildman–Crippen MR) is 53.5 cm³/mol. The third-order valence-electron chi connectivity index (χ3n) is 1.73. The maximum absolute atomic E-state index is 11.0. The van der Waals surface area contributed by atoms with Crippen LogP contribution in [0.2, 0.25) is 0 Å². The van der Waals surface area contributed by atoms with Crippen molar-refractivity contribution in [1.82, 2.24) is 9.78 Å². The highest BCUT2D eigenvalue weighted by Gasteiger charge is 2.27. The van der Waals surface area contributed by atoms with Crippen molar-refractivity contribution in [3.63, 3.8) is 0 Å². The second-order valence-electron chi connectivity index (χ2n) is 3.01. The van der Waals surface area contributed by atoms with Crippen molar-refractivity contribution in [1.29, 1.82) is 0 Å². The third kappa shape index (κ3) is 1.60. The van der Waals surface area contributed by atoms with E-state index in [2.05, 4.69) is 27.7 Å². The summed E-state index contributed by atoms with van der Waals surface area (Å²) in [5.41, 5.74) is 4.46.